The molecule has 7 heteroatoms. The maximum Gasteiger partial charge on any atom is 0.234 e. The van der Waals surface area contributed by atoms with Gasteiger partial charge in [-0.25, -0.2) is 4.98 Å². The van der Waals surface area contributed by atoms with Crippen LogP contribution in [0, 0.1) is 25.2 Å². The number of nitriles is 1. The van der Waals surface area contributed by atoms with Gasteiger partial charge in [0, 0.05) is 17.1 Å². The first-order chi connectivity index (χ1) is 14.0. The van der Waals surface area contributed by atoms with Crippen LogP contribution >= 0.6 is 11.8 Å². The minimum absolute atomic E-state index is 0.145. The number of aromatic nitrogens is 1. The SMILES string of the molecule is Cc1cc(C)c2cc(C#N)c(SCC(=O)Nc3ccc4c(c3)OCCO4)nc2c1. The average molecular weight is 405 g/mol. The highest BCUT2D eigenvalue weighted by atomic mass is 32.2. The number of carbonyl (C=O) groups excluding carboxylic acids is 1. The Balaban J connectivity index is 1.49. The molecule has 4 rings (SSSR count). The Kier molecular flexibility index (Phi) is 5.28. The summed E-state index contributed by atoms with van der Waals surface area (Å²) in [6.07, 6.45) is 0. The smallest absolute Gasteiger partial charge is 0.234 e. The van der Waals surface area contributed by atoms with Crippen molar-refractivity contribution in [2.75, 3.05) is 24.3 Å². The lowest BCUT2D eigenvalue weighted by Crippen LogP contribution is -2.17. The number of ether oxygens (including phenoxy) is 2. The van der Waals surface area contributed by atoms with E-state index in [1.807, 2.05) is 26.0 Å². The first kappa shape index (κ1) is 19.1. The number of thioether (sulfide) groups is 1. The van der Waals surface area contributed by atoms with Gasteiger partial charge >= 0.3 is 0 Å². The predicted molar refractivity (Wildman–Crippen MR) is 113 cm³/mol. The molecule has 1 N–H and O–H groups in total. The van der Waals surface area contributed by atoms with Crippen molar-refractivity contribution in [1.29, 1.82) is 5.26 Å². The van der Waals surface area contributed by atoms with Crippen LogP contribution in [0.3, 0.4) is 0 Å². The van der Waals surface area contributed by atoms with Gasteiger partial charge in [0.2, 0.25) is 5.91 Å². The van der Waals surface area contributed by atoms with Crippen molar-refractivity contribution in [2.24, 2.45) is 0 Å². The summed E-state index contributed by atoms with van der Waals surface area (Å²) in [7, 11) is 0. The maximum absolute atomic E-state index is 12.4. The fourth-order valence-electron chi connectivity index (χ4n) is 3.25. The number of anilines is 1. The zero-order valence-corrected chi connectivity index (χ0v) is 16.9. The van der Waals surface area contributed by atoms with E-state index in [0.29, 0.717) is 41.0 Å². The molecule has 0 saturated carbocycles. The van der Waals surface area contributed by atoms with Crippen molar-refractivity contribution >= 4 is 34.3 Å². The Morgan fingerprint density at radius 1 is 1.17 bits per heavy atom. The summed E-state index contributed by atoms with van der Waals surface area (Å²) >= 11 is 1.25. The molecule has 0 fully saturated rings. The maximum atomic E-state index is 12.4. The lowest BCUT2D eigenvalue weighted by molar-refractivity contribution is -0.113. The molecule has 2 heterocycles. The molecule has 1 aliphatic rings. The minimum Gasteiger partial charge on any atom is -0.486 e. The van der Waals surface area contributed by atoms with Crippen LogP contribution in [-0.2, 0) is 4.79 Å². The number of rotatable bonds is 4. The molecule has 1 amide bonds. The van der Waals surface area contributed by atoms with Crippen LogP contribution in [0.1, 0.15) is 16.7 Å². The molecule has 29 heavy (non-hydrogen) atoms. The topological polar surface area (TPSA) is 84.2 Å². The van der Waals surface area contributed by atoms with Gasteiger partial charge in [-0.1, -0.05) is 17.8 Å². The quantitative estimate of drug-likeness (QED) is 0.654. The van der Waals surface area contributed by atoms with E-state index in [2.05, 4.69) is 22.4 Å². The number of amides is 1. The second-order valence-corrected chi connectivity index (χ2v) is 7.76. The normalized spacial score (nSPS) is 12.4. The number of nitrogens with zero attached hydrogens (tertiary/aromatic N) is 2. The number of pyridine rings is 1. The van der Waals surface area contributed by atoms with E-state index < -0.39 is 0 Å². The summed E-state index contributed by atoms with van der Waals surface area (Å²) < 4.78 is 11.0. The van der Waals surface area contributed by atoms with E-state index in [4.69, 9.17) is 9.47 Å². The van der Waals surface area contributed by atoms with Gasteiger partial charge in [-0.2, -0.15) is 5.26 Å². The number of carbonyl (C=O) groups is 1. The summed E-state index contributed by atoms with van der Waals surface area (Å²) in [6, 6.07) is 13.4. The number of hydrogen-bond donors (Lipinski definition) is 1. The third-order valence-corrected chi connectivity index (χ3v) is 5.53. The Morgan fingerprint density at radius 3 is 2.76 bits per heavy atom. The van der Waals surface area contributed by atoms with Gasteiger partial charge in [0.15, 0.2) is 11.5 Å². The summed E-state index contributed by atoms with van der Waals surface area (Å²) in [6.45, 7) is 5.03. The van der Waals surface area contributed by atoms with Crippen LogP contribution in [0.5, 0.6) is 11.5 Å². The minimum atomic E-state index is -0.183. The first-order valence-corrected chi connectivity index (χ1v) is 10.2. The number of nitrogens with one attached hydrogen (secondary N) is 1. The van der Waals surface area contributed by atoms with Gasteiger partial charge in [-0.05, 0) is 49.2 Å². The fraction of sp³-hybridized carbons (Fsp3) is 0.227. The Labute approximate surface area is 172 Å². The van der Waals surface area contributed by atoms with E-state index >= 15 is 0 Å². The second-order valence-electron chi connectivity index (χ2n) is 6.80. The molecule has 1 aromatic heterocycles. The number of hydrogen-bond acceptors (Lipinski definition) is 6. The molecule has 6 nitrogen and oxygen atoms in total. The van der Waals surface area contributed by atoms with Gasteiger partial charge in [-0.15, -0.1) is 0 Å². The van der Waals surface area contributed by atoms with Crippen LogP contribution in [0.25, 0.3) is 10.9 Å². The van der Waals surface area contributed by atoms with Crippen LogP contribution in [0.15, 0.2) is 41.4 Å². The van der Waals surface area contributed by atoms with E-state index in [0.717, 1.165) is 22.0 Å². The molecule has 0 bridgehead atoms. The standard InChI is InChI=1S/C22H19N3O3S/c1-13-7-14(2)17-9-15(11-23)22(25-18(17)8-13)29-12-21(26)24-16-3-4-19-20(10-16)28-6-5-27-19/h3-4,7-10H,5-6,12H2,1-2H3,(H,24,26). The Morgan fingerprint density at radius 2 is 1.97 bits per heavy atom. The molecule has 2 aromatic carbocycles. The molecule has 1 aliphatic heterocycles. The van der Waals surface area contributed by atoms with Crippen molar-refractivity contribution in [3.05, 3.63) is 53.1 Å². The number of fused-ring (bicyclic) bond motifs is 2. The van der Waals surface area contributed by atoms with E-state index in [1.165, 1.54) is 11.8 Å². The Hall–Kier alpha value is -3.24. The van der Waals surface area contributed by atoms with Crippen molar-refractivity contribution in [2.45, 2.75) is 18.9 Å². The summed E-state index contributed by atoms with van der Waals surface area (Å²) in [5.41, 5.74) is 4.13. The lowest BCUT2D eigenvalue weighted by atomic mass is 10.1. The average Bonchev–Trinajstić information content (AvgIpc) is 2.71. The molecular weight excluding hydrogens is 386 g/mol. The highest BCUT2D eigenvalue weighted by Crippen LogP contribution is 2.33. The zero-order chi connectivity index (χ0) is 20.4. The molecular formula is C22H19N3O3S. The molecule has 0 atom stereocenters. The van der Waals surface area contributed by atoms with Gasteiger partial charge in [0.25, 0.3) is 0 Å². The third kappa shape index (κ3) is 4.13. The summed E-state index contributed by atoms with van der Waals surface area (Å²) in [5, 5.41) is 13.9. The highest BCUT2D eigenvalue weighted by Gasteiger charge is 2.14. The first-order valence-electron chi connectivity index (χ1n) is 9.18. The van der Waals surface area contributed by atoms with E-state index in [-0.39, 0.29) is 11.7 Å². The molecule has 0 aliphatic carbocycles. The highest BCUT2D eigenvalue weighted by molar-refractivity contribution is 8.00. The van der Waals surface area contributed by atoms with Crippen molar-refractivity contribution in [1.82, 2.24) is 4.98 Å². The molecule has 0 radical (unpaired) electrons. The van der Waals surface area contributed by atoms with Crippen molar-refractivity contribution in [3.8, 4) is 17.6 Å². The number of aryl methyl sites for hydroxylation is 2. The third-order valence-electron chi connectivity index (χ3n) is 4.54. The number of benzene rings is 2. The Bertz CT molecular complexity index is 1150. The zero-order valence-electron chi connectivity index (χ0n) is 16.1. The molecule has 0 saturated heterocycles. The van der Waals surface area contributed by atoms with Gasteiger partial charge in [0.1, 0.15) is 24.3 Å². The van der Waals surface area contributed by atoms with Crippen molar-refractivity contribution < 1.29 is 14.3 Å². The fourth-order valence-corrected chi connectivity index (χ4v) is 4.02. The van der Waals surface area contributed by atoms with Crippen LogP contribution in [-0.4, -0.2) is 29.9 Å². The van der Waals surface area contributed by atoms with Crippen LogP contribution in [0.2, 0.25) is 0 Å². The monoisotopic (exact) mass is 405 g/mol. The largest absolute Gasteiger partial charge is 0.486 e. The van der Waals surface area contributed by atoms with Gasteiger partial charge in [-0.3, -0.25) is 4.79 Å². The van der Waals surface area contributed by atoms with Gasteiger partial charge < -0.3 is 14.8 Å². The van der Waals surface area contributed by atoms with Crippen LogP contribution in [0.4, 0.5) is 5.69 Å². The van der Waals surface area contributed by atoms with E-state index in [9.17, 15) is 10.1 Å². The molecule has 0 spiro atoms. The van der Waals surface area contributed by atoms with Gasteiger partial charge in [0.05, 0.1) is 16.8 Å². The second kappa shape index (κ2) is 8.02. The van der Waals surface area contributed by atoms with Crippen LogP contribution < -0.4 is 14.8 Å². The van der Waals surface area contributed by atoms with E-state index in [1.54, 1.807) is 18.2 Å². The molecule has 3 aromatic rings. The lowest BCUT2D eigenvalue weighted by Gasteiger charge is -2.19. The molecule has 146 valence electrons. The summed E-state index contributed by atoms with van der Waals surface area (Å²) in [5.74, 6) is 1.26. The van der Waals surface area contributed by atoms with Crippen molar-refractivity contribution in [3.63, 3.8) is 0 Å². The molecule has 0 unspecified atom stereocenters. The predicted octanol–water partition coefficient (Wildman–Crippen LogP) is 4.23. The summed E-state index contributed by atoms with van der Waals surface area (Å²) in [4.78, 5) is 17.0.